The van der Waals surface area contributed by atoms with Crippen LogP contribution in [0.25, 0.3) is 0 Å². The lowest BCUT2D eigenvalue weighted by Gasteiger charge is -2.23. The number of hydrogen-bond donors (Lipinski definition) is 0. The van der Waals surface area contributed by atoms with Gasteiger partial charge in [0.2, 0.25) is 0 Å². The Bertz CT molecular complexity index is 492. The van der Waals surface area contributed by atoms with Crippen molar-refractivity contribution >= 4 is 5.97 Å². The summed E-state index contributed by atoms with van der Waals surface area (Å²) >= 11 is 0. The Kier molecular flexibility index (Phi) is 4.48. The van der Waals surface area contributed by atoms with Crippen LogP contribution in [0.15, 0.2) is 35.9 Å². The number of allylic oxidation sites excluding steroid dienone is 1. The summed E-state index contributed by atoms with van der Waals surface area (Å²) in [7, 11) is 0. The fourth-order valence-electron chi connectivity index (χ4n) is 2.52. The summed E-state index contributed by atoms with van der Waals surface area (Å²) in [5.74, 6) is 0.759. The van der Waals surface area contributed by atoms with E-state index >= 15 is 0 Å². The third-order valence-corrected chi connectivity index (χ3v) is 3.61. The van der Waals surface area contributed by atoms with Crippen LogP contribution < -0.4 is 4.74 Å². The molecule has 0 N–H and O–H groups in total. The van der Waals surface area contributed by atoms with E-state index < -0.39 is 0 Å². The number of rotatable bonds is 5. The van der Waals surface area contributed by atoms with Gasteiger partial charge in [-0.1, -0.05) is 24.3 Å². The SMILES string of the molecule is CCOC(=O)/C(C)=C/CCC1(C)Cc2ccccc2O1. The first-order chi connectivity index (χ1) is 9.54. The Morgan fingerprint density at radius 1 is 1.45 bits per heavy atom. The maximum atomic E-state index is 11.5. The Morgan fingerprint density at radius 3 is 2.90 bits per heavy atom. The van der Waals surface area contributed by atoms with Gasteiger partial charge in [0.25, 0.3) is 0 Å². The lowest BCUT2D eigenvalue weighted by Crippen LogP contribution is -2.29. The smallest absolute Gasteiger partial charge is 0.333 e. The highest BCUT2D eigenvalue weighted by Gasteiger charge is 2.33. The van der Waals surface area contributed by atoms with Crippen LogP contribution in [0, 0.1) is 0 Å². The second-order valence-corrected chi connectivity index (χ2v) is 5.48. The van der Waals surface area contributed by atoms with E-state index in [1.807, 2.05) is 31.2 Å². The van der Waals surface area contributed by atoms with Crippen LogP contribution in [-0.4, -0.2) is 18.2 Å². The predicted octanol–water partition coefficient (Wildman–Crippen LogP) is 3.67. The number of para-hydroxylation sites is 1. The van der Waals surface area contributed by atoms with E-state index in [0.29, 0.717) is 12.2 Å². The molecule has 2 rings (SSSR count). The molecule has 0 fully saturated rings. The van der Waals surface area contributed by atoms with Gasteiger partial charge in [-0.25, -0.2) is 4.79 Å². The van der Waals surface area contributed by atoms with Gasteiger partial charge in [-0.2, -0.15) is 0 Å². The number of fused-ring (bicyclic) bond motifs is 1. The summed E-state index contributed by atoms with van der Waals surface area (Å²) in [5.41, 5.74) is 1.77. The first kappa shape index (κ1) is 14.6. The van der Waals surface area contributed by atoms with Crippen molar-refractivity contribution in [3.8, 4) is 5.75 Å². The maximum Gasteiger partial charge on any atom is 0.333 e. The standard InChI is InChI=1S/C17H22O3/c1-4-19-16(18)13(2)8-7-11-17(3)12-14-9-5-6-10-15(14)20-17/h5-6,8-10H,4,7,11-12H2,1-3H3/b13-8+. The molecule has 0 radical (unpaired) electrons. The van der Waals surface area contributed by atoms with Gasteiger partial charge in [0.05, 0.1) is 6.61 Å². The first-order valence-corrected chi connectivity index (χ1v) is 7.15. The summed E-state index contributed by atoms with van der Waals surface area (Å²) < 4.78 is 11.0. The van der Waals surface area contributed by atoms with Crippen LogP contribution in [-0.2, 0) is 16.0 Å². The molecule has 1 aliphatic heterocycles. The Hall–Kier alpha value is -1.77. The van der Waals surface area contributed by atoms with Gasteiger partial charge >= 0.3 is 5.97 Å². The van der Waals surface area contributed by atoms with Crippen molar-refractivity contribution in [2.75, 3.05) is 6.61 Å². The zero-order valence-electron chi connectivity index (χ0n) is 12.4. The van der Waals surface area contributed by atoms with Crippen molar-refractivity contribution in [3.05, 3.63) is 41.5 Å². The second kappa shape index (κ2) is 6.12. The predicted molar refractivity (Wildman–Crippen MR) is 78.8 cm³/mol. The van der Waals surface area contributed by atoms with Gasteiger partial charge < -0.3 is 9.47 Å². The largest absolute Gasteiger partial charge is 0.487 e. The molecule has 0 saturated heterocycles. The molecule has 1 aromatic carbocycles. The molecule has 0 aromatic heterocycles. The summed E-state index contributed by atoms with van der Waals surface area (Å²) in [5, 5.41) is 0. The van der Waals surface area contributed by atoms with Crippen LogP contribution in [0.3, 0.4) is 0 Å². The van der Waals surface area contributed by atoms with E-state index in [4.69, 9.17) is 9.47 Å². The number of esters is 1. The van der Waals surface area contributed by atoms with E-state index in [1.54, 1.807) is 6.92 Å². The molecular weight excluding hydrogens is 252 g/mol. The molecule has 1 aliphatic rings. The summed E-state index contributed by atoms with van der Waals surface area (Å²) in [6.45, 7) is 6.15. The topological polar surface area (TPSA) is 35.5 Å². The molecule has 1 heterocycles. The monoisotopic (exact) mass is 274 g/mol. The minimum absolute atomic E-state index is 0.172. The molecule has 3 heteroatoms. The minimum Gasteiger partial charge on any atom is -0.487 e. The molecule has 0 saturated carbocycles. The van der Waals surface area contributed by atoms with Crippen molar-refractivity contribution in [3.63, 3.8) is 0 Å². The van der Waals surface area contributed by atoms with Crippen molar-refractivity contribution in [2.24, 2.45) is 0 Å². The van der Waals surface area contributed by atoms with Crippen LogP contribution >= 0.6 is 0 Å². The van der Waals surface area contributed by atoms with Crippen LogP contribution in [0.4, 0.5) is 0 Å². The zero-order chi connectivity index (χ0) is 14.6. The lowest BCUT2D eigenvalue weighted by molar-refractivity contribution is -0.138. The minimum atomic E-state index is -0.228. The number of carbonyl (C=O) groups is 1. The Balaban J connectivity index is 1.89. The third-order valence-electron chi connectivity index (χ3n) is 3.61. The third kappa shape index (κ3) is 3.41. The highest BCUT2D eigenvalue weighted by molar-refractivity contribution is 5.87. The van der Waals surface area contributed by atoms with Crippen molar-refractivity contribution < 1.29 is 14.3 Å². The molecule has 0 spiro atoms. The average Bonchev–Trinajstić information content (AvgIpc) is 2.75. The second-order valence-electron chi connectivity index (χ2n) is 5.48. The first-order valence-electron chi connectivity index (χ1n) is 7.15. The maximum absolute atomic E-state index is 11.5. The van der Waals surface area contributed by atoms with Gasteiger partial charge in [-0.3, -0.25) is 0 Å². The quantitative estimate of drug-likeness (QED) is 0.607. The molecule has 20 heavy (non-hydrogen) atoms. The Morgan fingerprint density at radius 2 is 2.20 bits per heavy atom. The Labute approximate surface area is 120 Å². The average molecular weight is 274 g/mol. The van der Waals surface area contributed by atoms with Crippen LogP contribution in [0.2, 0.25) is 0 Å². The van der Waals surface area contributed by atoms with Gasteiger partial charge in [-0.15, -0.1) is 0 Å². The van der Waals surface area contributed by atoms with Gasteiger partial charge in [-0.05, 0) is 45.2 Å². The van der Waals surface area contributed by atoms with Gasteiger partial charge in [0, 0.05) is 12.0 Å². The van der Waals surface area contributed by atoms with E-state index in [2.05, 4.69) is 13.0 Å². The highest BCUT2D eigenvalue weighted by atomic mass is 16.5. The number of hydrogen-bond acceptors (Lipinski definition) is 3. The molecule has 0 aliphatic carbocycles. The number of ether oxygens (including phenoxy) is 2. The van der Waals surface area contributed by atoms with E-state index in [9.17, 15) is 4.79 Å². The molecule has 1 aromatic rings. The van der Waals surface area contributed by atoms with Crippen molar-refractivity contribution in [1.29, 1.82) is 0 Å². The summed E-state index contributed by atoms with van der Waals surface area (Å²) in [6.07, 6.45) is 4.57. The highest BCUT2D eigenvalue weighted by Crippen LogP contribution is 2.37. The van der Waals surface area contributed by atoms with E-state index in [-0.39, 0.29) is 11.6 Å². The fourth-order valence-corrected chi connectivity index (χ4v) is 2.52. The van der Waals surface area contributed by atoms with E-state index in [0.717, 1.165) is 25.0 Å². The van der Waals surface area contributed by atoms with E-state index in [1.165, 1.54) is 5.56 Å². The molecule has 0 bridgehead atoms. The number of carbonyl (C=O) groups excluding carboxylic acids is 1. The normalized spacial score (nSPS) is 21.2. The van der Waals surface area contributed by atoms with Crippen molar-refractivity contribution in [2.45, 2.75) is 45.6 Å². The molecule has 1 unspecified atom stereocenters. The molecule has 108 valence electrons. The van der Waals surface area contributed by atoms with Gasteiger partial charge in [0.1, 0.15) is 11.4 Å². The molecule has 0 amide bonds. The molecular formula is C17H22O3. The number of benzene rings is 1. The molecule has 3 nitrogen and oxygen atoms in total. The summed E-state index contributed by atoms with van der Waals surface area (Å²) in [4.78, 5) is 11.5. The fraction of sp³-hybridized carbons (Fsp3) is 0.471. The van der Waals surface area contributed by atoms with Crippen LogP contribution in [0.5, 0.6) is 5.75 Å². The van der Waals surface area contributed by atoms with Gasteiger partial charge in [0.15, 0.2) is 0 Å². The van der Waals surface area contributed by atoms with Crippen molar-refractivity contribution in [1.82, 2.24) is 0 Å². The van der Waals surface area contributed by atoms with Crippen LogP contribution in [0.1, 0.15) is 39.2 Å². The zero-order valence-corrected chi connectivity index (χ0v) is 12.4. The lowest BCUT2D eigenvalue weighted by atomic mass is 9.94. The summed E-state index contributed by atoms with van der Waals surface area (Å²) in [6, 6.07) is 8.16. The molecule has 1 atom stereocenters.